The Morgan fingerprint density at radius 3 is 2.36 bits per heavy atom. The van der Waals surface area contributed by atoms with Crippen LogP contribution in [-0.4, -0.2) is 16.0 Å². The van der Waals surface area contributed by atoms with Gasteiger partial charge in [-0.05, 0) is 97.6 Å². The van der Waals surface area contributed by atoms with E-state index in [1.54, 1.807) is 18.2 Å². The first-order valence-corrected chi connectivity index (χ1v) is 12.4. The second-order valence-electron chi connectivity index (χ2n) is 7.49. The Bertz CT molecular complexity index is 1240. The molecule has 4 rings (SSSR count). The molecule has 2 amide bonds. The lowest BCUT2D eigenvalue weighted by Crippen LogP contribution is -2.27. The smallest absolute Gasteiger partial charge is 0.293 e. The van der Waals surface area contributed by atoms with Crippen LogP contribution in [0.3, 0.4) is 0 Å². The number of hydrogen-bond donors (Lipinski definition) is 0. The zero-order valence-corrected chi connectivity index (χ0v) is 21.5. The SMILES string of the molecule is Cc1cccc(CN2C(=O)S/C(=C/c3cc(Br)c(OCc4ccc(F)cc4)c(Br)c3)C2=O)c1. The molecule has 0 saturated carbocycles. The highest BCUT2D eigenvalue weighted by atomic mass is 79.9. The molecule has 3 aromatic rings. The van der Waals surface area contributed by atoms with Crippen molar-refractivity contribution in [3.8, 4) is 5.75 Å². The molecular weight excluding hydrogens is 573 g/mol. The number of carbonyl (C=O) groups is 2. The monoisotopic (exact) mass is 589 g/mol. The van der Waals surface area contributed by atoms with Crippen LogP contribution < -0.4 is 4.74 Å². The van der Waals surface area contributed by atoms with E-state index in [0.717, 1.165) is 34.0 Å². The number of imide groups is 1. The van der Waals surface area contributed by atoms with Gasteiger partial charge >= 0.3 is 0 Å². The topological polar surface area (TPSA) is 46.6 Å². The molecule has 1 heterocycles. The Labute approximate surface area is 212 Å². The van der Waals surface area contributed by atoms with E-state index in [4.69, 9.17) is 4.74 Å². The number of amides is 2. The number of thioether (sulfide) groups is 1. The van der Waals surface area contributed by atoms with Gasteiger partial charge in [0.15, 0.2) is 0 Å². The molecular formula is C25H18Br2FNO3S. The van der Waals surface area contributed by atoms with Crippen LogP contribution in [0.15, 0.2) is 74.5 Å². The maximum atomic E-state index is 13.1. The van der Waals surface area contributed by atoms with E-state index in [1.165, 1.54) is 17.0 Å². The molecule has 33 heavy (non-hydrogen) atoms. The minimum Gasteiger partial charge on any atom is -0.487 e. The van der Waals surface area contributed by atoms with E-state index in [-0.39, 0.29) is 30.1 Å². The van der Waals surface area contributed by atoms with Gasteiger partial charge in [-0.2, -0.15) is 0 Å². The van der Waals surface area contributed by atoms with E-state index < -0.39 is 0 Å². The fourth-order valence-corrected chi connectivity index (χ4v) is 5.61. The summed E-state index contributed by atoms with van der Waals surface area (Å²) < 4.78 is 20.3. The van der Waals surface area contributed by atoms with E-state index in [1.807, 2.05) is 43.3 Å². The molecule has 3 aromatic carbocycles. The predicted molar refractivity (Wildman–Crippen MR) is 135 cm³/mol. The van der Waals surface area contributed by atoms with Crippen LogP contribution in [0.1, 0.15) is 22.3 Å². The minimum atomic E-state index is -0.310. The van der Waals surface area contributed by atoms with Gasteiger partial charge < -0.3 is 4.74 Å². The Hall–Kier alpha value is -2.42. The Balaban J connectivity index is 1.49. The van der Waals surface area contributed by atoms with Crippen molar-refractivity contribution < 1.29 is 18.7 Å². The summed E-state index contributed by atoms with van der Waals surface area (Å²) >= 11 is 7.95. The zero-order valence-electron chi connectivity index (χ0n) is 17.5. The number of hydrogen-bond acceptors (Lipinski definition) is 4. The molecule has 8 heteroatoms. The molecule has 0 radical (unpaired) electrons. The summed E-state index contributed by atoms with van der Waals surface area (Å²) in [6.45, 7) is 2.49. The van der Waals surface area contributed by atoms with Crippen LogP contribution >= 0.6 is 43.6 Å². The largest absolute Gasteiger partial charge is 0.487 e. The number of ether oxygens (including phenoxy) is 1. The summed E-state index contributed by atoms with van der Waals surface area (Å²) in [7, 11) is 0. The first kappa shape index (κ1) is 23.7. The minimum absolute atomic E-state index is 0.243. The summed E-state index contributed by atoms with van der Waals surface area (Å²) in [4.78, 5) is 27.0. The van der Waals surface area contributed by atoms with Gasteiger partial charge in [-0.25, -0.2) is 4.39 Å². The molecule has 1 fully saturated rings. The van der Waals surface area contributed by atoms with E-state index >= 15 is 0 Å². The Morgan fingerprint density at radius 2 is 1.70 bits per heavy atom. The average molecular weight is 591 g/mol. The van der Waals surface area contributed by atoms with Gasteiger partial charge in [0.1, 0.15) is 18.2 Å². The molecule has 0 bridgehead atoms. The van der Waals surface area contributed by atoms with E-state index in [9.17, 15) is 14.0 Å². The van der Waals surface area contributed by atoms with Crippen molar-refractivity contribution in [2.24, 2.45) is 0 Å². The van der Waals surface area contributed by atoms with Gasteiger partial charge in [0.25, 0.3) is 11.1 Å². The molecule has 0 N–H and O–H groups in total. The van der Waals surface area contributed by atoms with Crippen LogP contribution in [0.2, 0.25) is 0 Å². The lowest BCUT2D eigenvalue weighted by molar-refractivity contribution is -0.123. The van der Waals surface area contributed by atoms with Gasteiger partial charge in [0.2, 0.25) is 0 Å². The van der Waals surface area contributed by atoms with Crippen molar-refractivity contribution in [1.82, 2.24) is 4.90 Å². The van der Waals surface area contributed by atoms with Crippen LogP contribution in [0.4, 0.5) is 9.18 Å². The van der Waals surface area contributed by atoms with Crippen molar-refractivity contribution in [3.05, 3.63) is 103 Å². The van der Waals surface area contributed by atoms with Gasteiger partial charge in [0, 0.05) is 0 Å². The second kappa shape index (κ2) is 10.2. The first-order chi connectivity index (χ1) is 15.8. The summed E-state index contributed by atoms with van der Waals surface area (Å²) in [5, 5.41) is -0.287. The standard InChI is InChI=1S/C25H18Br2FNO3S/c1-15-3-2-4-17(9-15)13-29-24(30)22(33-25(29)31)12-18-10-20(26)23(21(27)11-18)32-14-16-5-7-19(28)8-6-16/h2-12H,13-14H2,1H3/b22-12+. The highest BCUT2D eigenvalue weighted by molar-refractivity contribution is 9.11. The quantitative estimate of drug-likeness (QED) is 0.279. The van der Waals surface area contributed by atoms with Gasteiger partial charge in [0.05, 0.1) is 20.4 Å². The Kier molecular flexibility index (Phi) is 7.36. The molecule has 168 valence electrons. The fraction of sp³-hybridized carbons (Fsp3) is 0.120. The Morgan fingerprint density at radius 1 is 1.00 bits per heavy atom. The van der Waals surface area contributed by atoms with Crippen molar-refractivity contribution in [3.63, 3.8) is 0 Å². The number of aryl methyl sites for hydroxylation is 1. The third-order valence-corrected chi connectivity index (χ3v) is 7.00. The maximum Gasteiger partial charge on any atom is 0.293 e. The third kappa shape index (κ3) is 5.75. The van der Waals surface area contributed by atoms with Crippen LogP contribution in [0.5, 0.6) is 5.75 Å². The molecule has 0 unspecified atom stereocenters. The highest BCUT2D eigenvalue weighted by Gasteiger charge is 2.35. The third-order valence-electron chi connectivity index (χ3n) is 4.91. The maximum absolute atomic E-state index is 13.1. The van der Waals surface area contributed by atoms with Crippen molar-refractivity contribution in [1.29, 1.82) is 0 Å². The number of benzene rings is 3. The first-order valence-electron chi connectivity index (χ1n) is 9.97. The normalized spacial score (nSPS) is 14.9. The lowest BCUT2D eigenvalue weighted by Gasteiger charge is -2.13. The number of carbonyl (C=O) groups excluding carboxylic acids is 2. The highest BCUT2D eigenvalue weighted by Crippen LogP contribution is 2.38. The molecule has 0 atom stereocenters. The van der Waals surface area contributed by atoms with Crippen molar-refractivity contribution in [2.45, 2.75) is 20.1 Å². The molecule has 0 aromatic heterocycles. The zero-order chi connectivity index (χ0) is 23.5. The van der Waals surface area contributed by atoms with Crippen LogP contribution in [0, 0.1) is 12.7 Å². The summed E-state index contributed by atoms with van der Waals surface area (Å²) in [5.41, 5.74) is 3.56. The second-order valence-corrected chi connectivity index (χ2v) is 10.2. The van der Waals surface area contributed by atoms with Crippen molar-refractivity contribution in [2.75, 3.05) is 0 Å². The van der Waals surface area contributed by atoms with E-state index in [2.05, 4.69) is 31.9 Å². The number of halogens is 3. The average Bonchev–Trinajstić information content (AvgIpc) is 3.02. The van der Waals surface area contributed by atoms with Gasteiger partial charge in [-0.3, -0.25) is 14.5 Å². The molecule has 1 aliphatic rings. The fourth-order valence-electron chi connectivity index (χ4n) is 3.32. The summed E-state index contributed by atoms with van der Waals surface area (Å²) in [5.74, 6) is -0.0202. The van der Waals surface area contributed by atoms with Gasteiger partial charge in [-0.1, -0.05) is 42.0 Å². The predicted octanol–water partition coefficient (Wildman–Crippen LogP) is 7.47. The lowest BCUT2D eigenvalue weighted by atomic mass is 10.1. The molecule has 0 aliphatic carbocycles. The summed E-state index contributed by atoms with van der Waals surface area (Å²) in [6.07, 6.45) is 1.69. The number of rotatable bonds is 6. The summed E-state index contributed by atoms with van der Waals surface area (Å²) in [6, 6.07) is 17.5. The van der Waals surface area contributed by atoms with E-state index in [0.29, 0.717) is 19.6 Å². The molecule has 4 nitrogen and oxygen atoms in total. The van der Waals surface area contributed by atoms with Crippen LogP contribution in [0.25, 0.3) is 6.08 Å². The van der Waals surface area contributed by atoms with Crippen molar-refractivity contribution >= 4 is 60.8 Å². The molecule has 0 spiro atoms. The molecule has 1 aliphatic heterocycles. The van der Waals surface area contributed by atoms with Crippen LogP contribution in [-0.2, 0) is 17.9 Å². The number of nitrogens with zero attached hydrogens (tertiary/aromatic N) is 1. The van der Waals surface area contributed by atoms with Gasteiger partial charge in [-0.15, -0.1) is 0 Å². The molecule has 1 saturated heterocycles.